The zero-order valence-corrected chi connectivity index (χ0v) is 12.2. The van der Waals surface area contributed by atoms with Gasteiger partial charge in [-0.2, -0.15) is 0 Å². The number of nitrogens with zero attached hydrogens (tertiary/aromatic N) is 1. The fourth-order valence-corrected chi connectivity index (χ4v) is 3.69. The Bertz CT molecular complexity index is 570. The minimum Gasteiger partial charge on any atom is -0.395 e. The number of nitrogens with two attached hydrogens (primary N) is 1. The second kappa shape index (κ2) is 5.00. The van der Waals surface area contributed by atoms with Crippen molar-refractivity contribution in [3.63, 3.8) is 0 Å². The number of hydrogen-bond acceptors (Lipinski definition) is 4. The lowest BCUT2D eigenvalue weighted by Gasteiger charge is -2.34. The first-order chi connectivity index (χ1) is 9.18. The number of anilines is 2. The van der Waals surface area contributed by atoms with Gasteiger partial charge in [-0.1, -0.05) is 26.2 Å². The lowest BCUT2D eigenvalue weighted by Crippen LogP contribution is -2.29. The molecule has 0 saturated heterocycles. The van der Waals surface area contributed by atoms with Crippen LogP contribution in [0.1, 0.15) is 39.0 Å². The van der Waals surface area contributed by atoms with E-state index in [4.69, 9.17) is 5.73 Å². The Labute approximate surface area is 118 Å². The summed E-state index contributed by atoms with van der Waals surface area (Å²) in [6.07, 6.45) is 6.75. The molecule has 1 aliphatic rings. The van der Waals surface area contributed by atoms with Crippen LogP contribution in [0.3, 0.4) is 0 Å². The summed E-state index contributed by atoms with van der Waals surface area (Å²) in [5, 5.41) is 3.54. The van der Waals surface area contributed by atoms with Crippen molar-refractivity contribution in [3.05, 3.63) is 17.6 Å². The average molecular weight is 275 g/mol. The predicted octanol–water partition coefficient (Wildman–Crippen LogP) is 4.26. The molecule has 2 aromatic rings. The van der Waals surface area contributed by atoms with Crippen molar-refractivity contribution >= 4 is 32.9 Å². The summed E-state index contributed by atoms with van der Waals surface area (Å²) >= 11 is 1.64. The number of thiazole rings is 1. The second-order valence-electron chi connectivity index (χ2n) is 5.95. The summed E-state index contributed by atoms with van der Waals surface area (Å²) in [6.45, 7) is 3.39. The molecule has 3 N–H and O–H groups in total. The van der Waals surface area contributed by atoms with Gasteiger partial charge in [-0.25, -0.2) is 4.98 Å². The minimum absolute atomic E-state index is 0.418. The maximum atomic E-state index is 6.20. The van der Waals surface area contributed by atoms with E-state index in [1.54, 1.807) is 11.3 Å². The Balaban J connectivity index is 1.76. The molecule has 1 aromatic carbocycles. The molecule has 102 valence electrons. The van der Waals surface area contributed by atoms with E-state index < -0.39 is 0 Å². The van der Waals surface area contributed by atoms with Crippen molar-refractivity contribution in [1.29, 1.82) is 0 Å². The van der Waals surface area contributed by atoms with E-state index in [0.717, 1.165) is 28.1 Å². The molecule has 3 rings (SSSR count). The molecule has 1 aromatic heterocycles. The van der Waals surface area contributed by atoms with E-state index in [1.165, 1.54) is 32.1 Å². The molecule has 1 heterocycles. The fraction of sp³-hybridized carbons (Fsp3) is 0.533. The highest BCUT2D eigenvalue weighted by Gasteiger charge is 2.26. The van der Waals surface area contributed by atoms with Gasteiger partial charge in [0.25, 0.3) is 0 Å². The van der Waals surface area contributed by atoms with E-state index in [1.807, 2.05) is 5.51 Å². The van der Waals surface area contributed by atoms with Crippen molar-refractivity contribution in [1.82, 2.24) is 4.98 Å². The molecule has 0 spiro atoms. The average Bonchev–Trinajstić information content (AvgIpc) is 2.88. The van der Waals surface area contributed by atoms with Crippen molar-refractivity contribution in [2.75, 3.05) is 17.6 Å². The number of nitrogens with one attached hydrogen (secondary N) is 1. The lowest BCUT2D eigenvalue weighted by molar-refractivity contribution is 0.233. The van der Waals surface area contributed by atoms with Crippen LogP contribution in [-0.2, 0) is 0 Å². The SMILES string of the molecule is CC1(CNc2ccc3scnc3c2N)CCCCC1. The van der Waals surface area contributed by atoms with Crippen LogP contribution in [0.25, 0.3) is 10.2 Å². The molecule has 0 atom stereocenters. The van der Waals surface area contributed by atoms with E-state index in [0.29, 0.717) is 5.41 Å². The van der Waals surface area contributed by atoms with Gasteiger partial charge in [-0.15, -0.1) is 11.3 Å². The van der Waals surface area contributed by atoms with Gasteiger partial charge in [0.2, 0.25) is 0 Å². The Kier molecular flexibility index (Phi) is 3.35. The highest BCUT2D eigenvalue weighted by atomic mass is 32.1. The van der Waals surface area contributed by atoms with E-state index in [9.17, 15) is 0 Å². The Morgan fingerprint density at radius 1 is 1.32 bits per heavy atom. The maximum Gasteiger partial charge on any atom is 0.106 e. The molecule has 4 heteroatoms. The van der Waals surface area contributed by atoms with Crippen LogP contribution in [0.2, 0.25) is 0 Å². The molecule has 0 aliphatic heterocycles. The molecule has 1 aliphatic carbocycles. The van der Waals surface area contributed by atoms with Gasteiger partial charge < -0.3 is 11.1 Å². The molecule has 0 radical (unpaired) electrons. The van der Waals surface area contributed by atoms with E-state index >= 15 is 0 Å². The van der Waals surface area contributed by atoms with Crippen molar-refractivity contribution in [3.8, 4) is 0 Å². The molecule has 0 unspecified atom stereocenters. The molecule has 3 nitrogen and oxygen atoms in total. The second-order valence-corrected chi connectivity index (χ2v) is 6.84. The summed E-state index contributed by atoms with van der Waals surface area (Å²) in [5.41, 5.74) is 11.2. The highest BCUT2D eigenvalue weighted by Crippen LogP contribution is 2.37. The van der Waals surface area contributed by atoms with Crippen LogP contribution < -0.4 is 11.1 Å². The molecule has 1 fully saturated rings. The Hall–Kier alpha value is -1.29. The predicted molar refractivity (Wildman–Crippen MR) is 83.7 cm³/mol. The van der Waals surface area contributed by atoms with E-state index in [-0.39, 0.29) is 0 Å². The Morgan fingerprint density at radius 2 is 2.11 bits per heavy atom. The van der Waals surface area contributed by atoms with Crippen molar-refractivity contribution in [2.24, 2.45) is 5.41 Å². The van der Waals surface area contributed by atoms with Crippen molar-refractivity contribution < 1.29 is 0 Å². The number of nitrogen functional groups attached to an aromatic ring is 1. The van der Waals surface area contributed by atoms with Gasteiger partial charge in [0, 0.05) is 6.54 Å². The third-order valence-corrected chi connectivity index (χ3v) is 5.10. The molecule has 0 amide bonds. The van der Waals surface area contributed by atoms with Crippen LogP contribution in [0.5, 0.6) is 0 Å². The molecule has 1 saturated carbocycles. The third kappa shape index (κ3) is 2.54. The maximum absolute atomic E-state index is 6.20. The Morgan fingerprint density at radius 3 is 2.89 bits per heavy atom. The number of aromatic nitrogens is 1. The van der Waals surface area contributed by atoms with Crippen LogP contribution in [0, 0.1) is 5.41 Å². The summed E-state index contributed by atoms with van der Waals surface area (Å²) in [4.78, 5) is 4.34. The van der Waals surface area contributed by atoms with E-state index in [2.05, 4.69) is 29.4 Å². The summed E-state index contributed by atoms with van der Waals surface area (Å²) in [5.74, 6) is 0. The standard InChI is InChI=1S/C15H21N3S/c1-15(7-3-2-4-8-15)9-17-11-5-6-12-14(13(11)16)18-10-19-12/h5-6,10,17H,2-4,7-9,16H2,1H3. The first-order valence-electron chi connectivity index (χ1n) is 7.04. The molecular formula is C15H21N3S. The number of rotatable bonds is 3. The van der Waals surface area contributed by atoms with Gasteiger partial charge in [-0.3, -0.25) is 0 Å². The minimum atomic E-state index is 0.418. The number of fused-ring (bicyclic) bond motifs is 1. The normalized spacial score (nSPS) is 18.6. The summed E-state index contributed by atoms with van der Waals surface area (Å²) in [6, 6.07) is 4.19. The topological polar surface area (TPSA) is 50.9 Å². The summed E-state index contributed by atoms with van der Waals surface area (Å²) in [7, 11) is 0. The van der Waals surface area contributed by atoms with Gasteiger partial charge in [0.05, 0.1) is 21.6 Å². The van der Waals surface area contributed by atoms with Gasteiger partial charge in [0.1, 0.15) is 5.52 Å². The van der Waals surface area contributed by atoms with Crippen LogP contribution >= 0.6 is 11.3 Å². The first-order valence-corrected chi connectivity index (χ1v) is 7.91. The molecule has 0 bridgehead atoms. The number of benzene rings is 1. The van der Waals surface area contributed by atoms with Crippen LogP contribution in [0.15, 0.2) is 17.6 Å². The zero-order chi connectivity index (χ0) is 13.3. The van der Waals surface area contributed by atoms with Crippen molar-refractivity contribution in [2.45, 2.75) is 39.0 Å². The first kappa shape index (κ1) is 12.7. The van der Waals surface area contributed by atoms with Gasteiger partial charge in [0.15, 0.2) is 0 Å². The van der Waals surface area contributed by atoms with Gasteiger partial charge >= 0.3 is 0 Å². The van der Waals surface area contributed by atoms with Crippen LogP contribution in [0.4, 0.5) is 11.4 Å². The quantitative estimate of drug-likeness (QED) is 0.823. The van der Waals surface area contributed by atoms with Crippen LogP contribution in [-0.4, -0.2) is 11.5 Å². The fourth-order valence-electron chi connectivity index (χ4n) is 3.00. The smallest absolute Gasteiger partial charge is 0.106 e. The third-order valence-electron chi connectivity index (χ3n) is 4.31. The summed E-state index contributed by atoms with van der Waals surface area (Å²) < 4.78 is 1.16. The number of hydrogen-bond donors (Lipinski definition) is 2. The zero-order valence-electron chi connectivity index (χ0n) is 11.4. The molecule has 19 heavy (non-hydrogen) atoms. The lowest BCUT2D eigenvalue weighted by atomic mass is 9.76. The molecular weight excluding hydrogens is 254 g/mol. The largest absolute Gasteiger partial charge is 0.395 e. The van der Waals surface area contributed by atoms with Gasteiger partial charge in [-0.05, 0) is 30.4 Å². The highest BCUT2D eigenvalue weighted by molar-refractivity contribution is 7.16. The monoisotopic (exact) mass is 275 g/mol.